The fraction of sp³-hybridized carbons (Fsp3) is 0.294. The maximum absolute atomic E-state index is 12.4. The van der Waals surface area contributed by atoms with E-state index in [1.54, 1.807) is 11.8 Å². The van der Waals surface area contributed by atoms with Gasteiger partial charge in [0.05, 0.1) is 24.4 Å². The number of allylic oxidation sites excluding steroid dienone is 3. The van der Waals surface area contributed by atoms with Crippen molar-refractivity contribution < 1.29 is 9.53 Å². The van der Waals surface area contributed by atoms with Crippen molar-refractivity contribution in [2.75, 3.05) is 7.11 Å². The van der Waals surface area contributed by atoms with E-state index in [0.29, 0.717) is 16.3 Å². The topological polar surface area (TPSA) is 41.9 Å². The molecule has 1 aromatic rings. The minimum atomic E-state index is -0.377. The summed E-state index contributed by atoms with van der Waals surface area (Å²) in [5.41, 5.74) is 3.14. The van der Waals surface area contributed by atoms with Gasteiger partial charge in [-0.2, -0.15) is 0 Å². The van der Waals surface area contributed by atoms with Crippen molar-refractivity contribution in [3.05, 3.63) is 56.7 Å². The van der Waals surface area contributed by atoms with Crippen LogP contribution in [-0.2, 0) is 9.53 Å². The monoisotopic (exact) mass is 348 g/mol. The Morgan fingerprint density at radius 1 is 1.30 bits per heavy atom. The summed E-state index contributed by atoms with van der Waals surface area (Å²) in [5, 5.41) is 1.49. The van der Waals surface area contributed by atoms with E-state index in [9.17, 15) is 4.79 Å². The average Bonchev–Trinajstić information content (AvgIpc) is 2.80. The summed E-state index contributed by atoms with van der Waals surface area (Å²) < 4.78 is 5.00. The van der Waals surface area contributed by atoms with Gasteiger partial charge in [0.15, 0.2) is 5.17 Å². The number of carbonyl (C=O) groups excluding carboxylic acids is 1. The molecule has 1 aromatic carbocycles. The minimum Gasteiger partial charge on any atom is -0.466 e. The standard InChI is InChI=1S/C17H17ClN2O2S/c1-9-14(16(21)22-4)15(12-7-5-6-8-13(12)18)20-10(2)11(3)23-17(20)19-9/h5-8,15H,1-4H3/t15-/m0/s1. The molecule has 0 unspecified atom stereocenters. The highest BCUT2D eigenvalue weighted by atomic mass is 35.5. The highest BCUT2D eigenvalue weighted by molar-refractivity contribution is 8.17. The van der Waals surface area contributed by atoms with Crippen molar-refractivity contribution in [1.29, 1.82) is 0 Å². The summed E-state index contributed by atoms with van der Waals surface area (Å²) in [5.74, 6) is -0.377. The lowest BCUT2D eigenvalue weighted by Gasteiger charge is -2.35. The van der Waals surface area contributed by atoms with Crippen molar-refractivity contribution in [2.45, 2.75) is 26.8 Å². The number of methoxy groups -OCH3 is 1. The molecule has 0 spiro atoms. The Morgan fingerprint density at radius 3 is 2.65 bits per heavy atom. The number of aliphatic imine (C=N–C) groups is 1. The van der Waals surface area contributed by atoms with E-state index in [4.69, 9.17) is 16.3 Å². The molecule has 2 aliphatic rings. The molecule has 0 radical (unpaired) electrons. The molecule has 0 saturated heterocycles. The van der Waals surface area contributed by atoms with Crippen LogP contribution in [0.2, 0.25) is 5.02 Å². The van der Waals surface area contributed by atoms with Crippen molar-refractivity contribution in [2.24, 2.45) is 4.99 Å². The predicted molar refractivity (Wildman–Crippen MR) is 94.1 cm³/mol. The molecule has 0 amide bonds. The molecule has 4 nitrogen and oxygen atoms in total. The van der Waals surface area contributed by atoms with Gasteiger partial charge in [0.2, 0.25) is 0 Å². The highest BCUT2D eigenvalue weighted by Gasteiger charge is 2.41. The normalized spacial score (nSPS) is 20.7. The van der Waals surface area contributed by atoms with Crippen LogP contribution < -0.4 is 0 Å². The molecular weight excluding hydrogens is 332 g/mol. The second kappa shape index (κ2) is 6.06. The zero-order valence-electron chi connectivity index (χ0n) is 13.4. The largest absolute Gasteiger partial charge is 0.466 e. The molecule has 0 fully saturated rings. The van der Waals surface area contributed by atoms with Gasteiger partial charge in [-0.05, 0) is 32.4 Å². The average molecular weight is 349 g/mol. The number of thioether (sulfide) groups is 1. The number of hydrogen-bond donors (Lipinski definition) is 0. The number of halogens is 1. The van der Waals surface area contributed by atoms with Gasteiger partial charge in [0.25, 0.3) is 0 Å². The lowest BCUT2D eigenvalue weighted by atomic mass is 9.94. The highest BCUT2D eigenvalue weighted by Crippen LogP contribution is 2.47. The van der Waals surface area contributed by atoms with Gasteiger partial charge in [0.1, 0.15) is 0 Å². The molecule has 3 rings (SSSR count). The summed E-state index contributed by atoms with van der Waals surface area (Å²) in [6.45, 7) is 5.92. The van der Waals surface area contributed by atoms with E-state index in [0.717, 1.165) is 16.4 Å². The van der Waals surface area contributed by atoms with E-state index in [1.807, 2.05) is 38.1 Å². The predicted octanol–water partition coefficient (Wildman–Crippen LogP) is 4.50. The van der Waals surface area contributed by atoms with Crippen LogP contribution >= 0.6 is 23.4 Å². The molecule has 0 aromatic heterocycles. The summed E-state index contributed by atoms with van der Waals surface area (Å²) in [4.78, 5) is 20.2. The fourth-order valence-corrected chi connectivity index (χ4v) is 4.13. The maximum Gasteiger partial charge on any atom is 0.338 e. The first kappa shape index (κ1) is 16.1. The van der Waals surface area contributed by atoms with Gasteiger partial charge in [-0.25, -0.2) is 9.79 Å². The molecule has 0 N–H and O–H groups in total. The number of rotatable bonds is 2. The molecule has 2 heterocycles. The number of esters is 1. The molecule has 6 heteroatoms. The SMILES string of the molecule is COC(=O)C1=C(C)N=C2SC(C)=C(C)N2[C@H]1c1ccccc1Cl. The quantitative estimate of drug-likeness (QED) is 0.738. The van der Waals surface area contributed by atoms with Gasteiger partial charge in [0, 0.05) is 15.6 Å². The summed E-state index contributed by atoms with van der Waals surface area (Å²) in [6, 6.07) is 7.25. The fourth-order valence-electron chi connectivity index (χ4n) is 2.85. The first-order valence-corrected chi connectivity index (χ1v) is 8.42. The van der Waals surface area contributed by atoms with Gasteiger partial charge < -0.3 is 9.64 Å². The van der Waals surface area contributed by atoms with Crippen LogP contribution in [-0.4, -0.2) is 23.1 Å². The summed E-state index contributed by atoms with van der Waals surface area (Å²) >= 11 is 8.04. The molecule has 23 heavy (non-hydrogen) atoms. The molecular formula is C17H17ClN2O2S. The summed E-state index contributed by atoms with van der Waals surface area (Å²) in [7, 11) is 1.39. The minimum absolute atomic E-state index is 0.325. The number of fused-ring (bicyclic) bond motifs is 1. The lowest BCUT2D eigenvalue weighted by Crippen LogP contribution is -2.36. The van der Waals surface area contributed by atoms with Crippen molar-refractivity contribution in [3.8, 4) is 0 Å². The molecule has 0 bridgehead atoms. The van der Waals surface area contributed by atoms with Crippen molar-refractivity contribution in [1.82, 2.24) is 4.90 Å². The van der Waals surface area contributed by atoms with Crippen LogP contribution in [0, 0.1) is 0 Å². The van der Waals surface area contributed by atoms with Gasteiger partial charge in [-0.1, -0.05) is 41.6 Å². The number of ether oxygens (including phenoxy) is 1. The van der Waals surface area contributed by atoms with E-state index in [1.165, 1.54) is 12.0 Å². The number of hydrogen-bond acceptors (Lipinski definition) is 5. The molecule has 2 aliphatic heterocycles. The van der Waals surface area contributed by atoms with E-state index in [-0.39, 0.29) is 12.0 Å². The molecule has 120 valence electrons. The summed E-state index contributed by atoms with van der Waals surface area (Å²) in [6.07, 6.45) is 0. The molecule has 0 saturated carbocycles. The number of carbonyl (C=O) groups is 1. The zero-order valence-corrected chi connectivity index (χ0v) is 15.0. The number of nitrogens with zero attached hydrogens (tertiary/aromatic N) is 2. The van der Waals surface area contributed by atoms with Crippen molar-refractivity contribution >= 4 is 34.5 Å². The Morgan fingerprint density at radius 2 is 2.00 bits per heavy atom. The molecule has 0 aliphatic carbocycles. The van der Waals surface area contributed by atoms with Gasteiger partial charge in [-0.15, -0.1) is 0 Å². The van der Waals surface area contributed by atoms with Crippen LogP contribution in [0.25, 0.3) is 0 Å². The van der Waals surface area contributed by atoms with Crippen LogP contribution in [0.1, 0.15) is 32.4 Å². The lowest BCUT2D eigenvalue weighted by molar-refractivity contribution is -0.136. The first-order chi connectivity index (χ1) is 11.0. The van der Waals surface area contributed by atoms with Crippen LogP contribution in [0.5, 0.6) is 0 Å². The first-order valence-electron chi connectivity index (χ1n) is 7.22. The zero-order chi connectivity index (χ0) is 16.7. The van der Waals surface area contributed by atoms with E-state index >= 15 is 0 Å². The maximum atomic E-state index is 12.4. The Labute approximate surface area is 144 Å². The van der Waals surface area contributed by atoms with Crippen LogP contribution in [0.4, 0.5) is 0 Å². The Bertz CT molecular complexity index is 783. The van der Waals surface area contributed by atoms with E-state index in [2.05, 4.69) is 16.8 Å². The van der Waals surface area contributed by atoms with Gasteiger partial charge in [-0.3, -0.25) is 0 Å². The second-order valence-corrected chi connectivity index (χ2v) is 7.01. The Balaban J connectivity index is 2.24. The second-order valence-electron chi connectivity index (χ2n) is 5.42. The molecule has 1 atom stereocenters. The third-order valence-corrected chi connectivity index (χ3v) is 5.53. The Kier molecular flexibility index (Phi) is 4.25. The van der Waals surface area contributed by atoms with Gasteiger partial charge >= 0.3 is 5.97 Å². The van der Waals surface area contributed by atoms with Crippen molar-refractivity contribution in [3.63, 3.8) is 0 Å². The smallest absolute Gasteiger partial charge is 0.338 e. The Hall–Kier alpha value is -1.72. The van der Waals surface area contributed by atoms with Crippen LogP contribution in [0.3, 0.4) is 0 Å². The third kappa shape index (κ3) is 2.58. The number of amidine groups is 1. The van der Waals surface area contributed by atoms with Crippen LogP contribution in [0.15, 0.2) is 51.1 Å². The number of benzene rings is 1. The van der Waals surface area contributed by atoms with E-state index < -0.39 is 0 Å². The third-order valence-electron chi connectivity index (χ3n) is 4.11.